The van der Waals surface area contributed by atoms with Gasteiger partial charge in [-0.25, -0.2) is 4.79 Å². The minimum absolute atomic E-state index is 0.0463. The molecule has 0 radical (unpaired) electrons. The van der Waals surface area contributed by atoms with E-state index in [0.717, 1.165) is 0 Å². The van der Waals surface area contributed by atoms with Crippen molar-refractivity contribution in [2.45, 2.75) is 26.2 Å². The Kier molecular flexibility index (Phi) is 5.21. The highest BCUT2D eigenvalue weighted by molar-refractivity contribution is 5.91. The zero-order chi connectivity index (χ0) is 18.7. The quantitative estimate of drug-likeness (QED) is 0.477. The van der Waals surface area contributed by atoms with Crippen LogP contribution in [0, 0.1) is 10.1 Å². The van der Waals surface area contributed by atoms with Crippen LogP contribution in [0.1, 0.15) is 31.7 Å². The minimum atomic E-state index is -1.16. The lowest BCUT2D eigenvalue weighted by atomic mass is 9.79. The molecule has 1 atom stereocenters. The van der Waals surface area contributed by atoms with Gasteiger partial charge in [0.05, 0.1) is 24.0 Å². The number of esters is 1. The number of carbonyl (C=O) groups excluding carboxylic acids is 1. The van der Waals surface area contributed by atoms with Crippen LogP contribution >= 0.6 is 0 Å². The van der Waals surface area contributed by atoms with Crippen LogP contribution in [0.15, 0.2) is 46.8 Å². The lowest BCUT2D eigenvalue weighted by Crippen LogP contribution is -2.29. The van der Waals surface area contributed by atoms with Gasteiger partial charge in [0.25, 0.3) is 5.69 Å². The summed E-state index contributed by atoms with van der Waals surface area (Å²) in [5.74, 6) is -2.45. The van der Waals surface area contributed by atoms with E-state index in [2.05, 4.69) is 5.32 Å². The Bertz CT molecular complexity index is 809. The standard InChI is InChI=1S/C17H18N2O6/c1-9-13(8-14(20)25-3)16(15(17(21)22)10(2)18-9)11-5-4-6-12(7-11)19(23)24/h4-7,16,18H,8H2,1-3H3,(H,21,22). The van der Waals surface area contributed by atoms with Crippen LogP contribution in [0.5, 0.6) is 0 Å². The highest BCUT2D eigenvalue weighted by Crippen LogP contribution is 2.40. The van der Waals surface area contributed by atoms with Gasteiger partial charge in [0.2, 0.25) is 0 Å². The van der Waals surface area contributed by atoms with Gasteiger partial charge in [0.15, 0.2) is 0 Å². The lowest BCUT2D eigenvalue weighted by molar-refractivity contribution is -0.384. The maximum atomic E-state index is 11.8. The first-order valence-corrected chi connectivity index (χ1v) is 7.48. The van der Waals surface area contributed by atoms with Gasteiger partial charge < -0.3 is 15.2 Å². The van der Waals surface area contributed by atoms with Crippen molar-refractivity contribution in [1.29, 1.82) is 0 Å². The molecule has 0 aromatic heterocycles. The van der Waals surface area contributed by atoms with E-state index in [0.29, 0.717) is 22.5 Å². The number of non-ortho nitro benzene ring substituents is 1. The minimum Gasteiger partial charge on any atom is -0.478 e. The largest absolute Gasteiger partial charge is 0.478 e. The molecule has 0 bridgehead atoms. The van der Waals surface area contributed by atoms with Crippen LogP contribution in [-0.2, 0) is 14.3 Å². The first-order chi connectivity index (χ1) is 11.8. The van der Waals surface area contributed by atoms with E-state index in [9.17, 15) is 24.8 Å². The predicted octanol–water partition coefficient (Wildman–Crippen LogP) is 2.48. The van der Waals surface area contributed by atoms with E-state index in [1.807, 2.05) is 0 Å². The average molecular weight is 346 g/mol. The number of rotatable bonds is 5. The Morgan fingerprint density at radius 2 is 2.00 bits per heavy atom. The Morgan fingerprint density at radius 3 is 2.56 bits per heavy atom. The fourth-order valence-corrected chi connectivity index (χ4v) is 2.97. The van der Waals surface area contributed by atoms with Gasteiger partial charge in [0.1, 0.15) is 0 Å². The molecule has 8 nitrogen and oxygen atoms in total. The smallest absolute Gasteiger partial charge is 0.334 e. The molecule has 1 aliphatic rings. The van der Waals surface area contributed by atoms with E-state index in [4.69, 9.17) is 4.74 Å². The summed E-state index contributed by atoms with van der Waals surface area (Å²) < 4.78 is 4.70. The van der Waals surface area contributed by atoms with Crippen molar-refractivity contribution in [3.8, 4) is 0 Å². The second kappa shape index (κ2) is 7.16. The predicted molar refractivity (Wildman–Crippen MR) is 88.6 cm³/mol. The molecule has 0 saturated carbocycles. The number of benzene rings is 1. The number of hydrogen-bond donors (Lipinski definition) is 2. The number of methoxy groups -OCH3 is 1. The Labute approximate surface area is 143 Å². The van der Waals surface area contributed by atoms with E-state index >= 15 is 0 Å². The summed E-state index contributed by atoms with van der Waals surface area (Å²) in [6.07, 6.45) is -0.118. The average Bonchev–Trinajstić information content (AvgIpc) is 2.56. The zero-order valence-electron chi connectivity index (χ0n) is 14.0. The third-order valence-corrected chi connectivity index (χ3v) is 4.11. The van der Waals surface area contributed by atoms with Crippen molar-refractivity contribution in [2.75, 3.05) is 7.11 Å². The second-order valence-corrected chi connectivity index (χ2v) is 5.66. The number of nitro groups is 1. The van der Waals surface area contributed by atoms with Crippen molar-refractivity contribution >= 4 is 17.6 Å². The van der Waals surface area contributed by atoms with Gasteiger partial charge in [-0.2, -0.15) is 0 Å². The normalized spacial score (nSPS) is 17.2. The molecule has 1 aromatic rings. The summed E-state index contributed by atoms with van der Waals surface area (Å²) in [7, 11) is 1.25. The zero-order valence-corrected chi connectivity index (χ0v) is 14.0. The molecule has 8 heteroatoms. The molecule has 2 N–H and O–H groups in total. The summed E-state index contributed by atoms with van der Waals surface area (Å²) >= 11 is 0. The Hall–Kier alpha value is -3.16. The van der Waals surface area contributed by atoms with Crippen molar-refractivity contribution in [3.63, 3.8) is 0 Å². The molecule has 0 aliphatic carbocycles. The monoisotopic (exact) mass is 346 g/mol. The SMILES string of the molecule is COC(=O)CC1=C(C)NC(C)=C(C(=O)O)C1c1cccc([N+](=O)[O-])c1. The van der Waals surface area contributed by atoms with Crippen molar-refractivity contribution in [2.24, 2.45) is 0 Å². The molecule has 1 heterocycles. The number of carboxylic acid groups (broad SMARTS) is 1. The number of carbonyl (C=O) groups is 2. The number of nitrogens with one attached hydrogen (secondary N) is 1. The maximum Gasteiger partial charge on any atom is 0.334 e. The van der Waals surface area contributed by atoms with Gasteiger partial charge in [-0.15, -0.1) is 0 Å². The van der Waals surface area contributed by atoms with Crippen LogP contribution in [-0.4, -0.2) is 29.1 Å². The fraction of sp³-hybridized carbons (Fsp3) is 0.294. The third-order valence-electron chi connectivity index (χ3n) is 4.11. The van der Waals surface area contributed by atoms with Crippen LogP contribution in [0.4, 0.5) is 5.69 Å². The molecule has 0 spiro atoms. The number of aliphatic carboxylic acids is 1. The molecule has 0 fully saturated rings. The molecule has 1 unspecified atom stereocenters. The number of allylic oxidation sites excluding steroid dienone is 2. The fourth-order valence-electron chi connectivity index (χ4n) is 2.97. The number of carboxylic acids is 1. The topological polar surface area (TPSA) is 119 Å². The van der Waals surface area contributed by atoms with Gasteiger partial charge in [-0.1, -0.05) is 12.1 Å². The first-order valence-electron chi connectivity index (χ1n) is 7.48. The highest BCUT2D eigenvalue weighted by atomic mass is 16.6. The molecule has 25 heavy (non-hydrogen) atoms. The van der Waals surface area contributed by atoms with Crippen LogP contribution < -0.4 is 5.32 Å². The van der Waals surface area contributed by atoms with Crippen molar-refractivity contribution in [1.82, 2.24) is 5.32 Å². The first kappa shape index (κ1) is 18.2. The van der Waals surface area contributed by atoms with E-state index in [-0.39, 0.29) is 17.7 Å². The molecular formula is C17H18N2O6. The summed E-state index contributed by atoms with van der Waals surface area (Å²) in [6.45, 7) is 3.34. The van der Waals surface area contributed by atoms with Crippen LogP contribution in [0.3, 0.4) is 0 Å². The highest BCUT2D eigenvalue weighted by Gasteiger charge is 2.34. The van der Waals surface area contributed by atoms with E-state index in [1.54, 1.807) is 19.9 Å². The lowest BCUT2D eigenvalue weighted by Gasteiger charge is -2.30. The molecule has 0 saturated heterocycles. The Morgan fingerprint density at radius 1 is 1.32 bits per heavy atom. The van der Waals surface area contributed by atoms with Gasteiger partial charge in [-0.05, 0) is 25.0 Å². The van der Waals surface area contributed by atoms with Crippen molar-refractivity contribution < 1.29 is 24.4 Å². The summed E-state index contributed by atoms with van der Waals surface area (Å²) in [5.41, 5.74) is 1.90. The van der Waals surface area contributed by atoms with Crippen LogP contribution in [0.25, 0.3) is 0 Å². The maximum absolute atomic E-state index is 11.8. The third kappa shape index (κ3) is 3.68. The van der Waals surface area contributed by atoms with Crippen LogP contribution in [0.2, 0.25) is 0 Å². The summed E-state index contributed by atoms with van der Waals surface area (Å²) in [6, 6.07) is 5.77. The van der Waals surface area contributed by atoms with Gasteiger partial charge >= 0.3 is 11.9 Å². The number of nitro benzene ring substituents is 1. The van der Waals surface area contributed by atoms with E-state index in [1.165, 1.54) is 25.3 Å². The van der Waals surface area contributed by atoms with Gasteiger partial charge in [-0.3, -0.25) is 14.9 Å². The molecule has 1 aromatic carbocycles. The number of nitrogens with zero attached hydrogens (tertiary/aromatic N) is 1. The molecule has 1 aliphatic heterocycles. The Balaban J connectivity index is 2.64. The molecule has 2 rings (SSSR count). The molecule has 132 valence electrons. The summed E-state index contributed by atoms with van der Waals surface area (Å²) in [4.78, 5) is 34.1. The van der Waals surface area contributed by atoms with E-state index < -0.39 is 22.8 Å². The van der Waals surface area contributed by atoms with Crippen molar-refractivity contribution in [3.05, 3.63) is 62.5 Å². The molecule has 0 amide bonds. The molecular weight excluding hydrogens is 328 g/mol. The summed E-state index contributed by atoms with van der Waals surface area (Å²) in [5, 5.41) is 23.7. The number of ether oxygens (including phenoxy) is 1. The number of hydrogen-bond acceptors (Lipinski definition) is 6. The second-order valence-electron chi connectivity index (χ2n) is 5.66. The van der Waals surface area contributed by atoms with Gasteiger partial charge in [0, 0.05) is 29.4 Å². The number of dihydropyridines is 1.